The van der Waals surface area contributed by atoms with Gasteiger partial charge in [0, 0.05) is 40.2 Å². The number of aromatic hydroxyl groups is 1. The number of phenolic OH excluding ortho intramolecular Hbond substituents is 1. The van der Waals surface area contributed by atoms with E-state index in [4.69, 9.17) is 9.47 Å². The van der Waals surface area contributed by atoms with Crippen LogP contribution in [0.1, 0.15) is 38.3 Å². The van der Waals surface area contributed by atoms with E-state index < -0.39 is 11.7 Å². The molecule has 2 aromatic rings. The van der Waals surface area contributed by atoms with Gasteiger partial charge in [-0.3, -0.25) is 9.59 Å². The van der Waals surface area contributed by atoms with Gasteiger partial charge in [0.1, 0.15) is 17.1 Å². The number of aryl methyl sites for hydroxylation is 1. The first-order valence-corrected chi connectivity index (χ1v) is 12.4. The van der Waals surface area contributed by atoms with E-state index in [1.54, 1.807) is 43.3 Å². The Hall–Kier alpha value is -3.75. The Morgan fingerprint density at radius 1 is 0.946 bits per heavy atom. The predicted octanol–water partition coefficient (Wildman–Crippen LogP) is 3.39. The lowest BCUT2D eigenvalue weighted by molar-refractivity contribution is -0.130. The van der Waals surface area contributed by atoms with Gasteiger partial charge in [0.05, 0.1) is 0 Å². The second-order valence-electron chi connectivity index (χ2n) is 9.88. The molecule has 0 saturated heterocycles. The Kier molecular flexibility index (Phi) is 11.2. The third-order valence-electron chi connectivity index (χ3n) is 5.49. The van der Waals surface area contributed by atoms with Gasteiger partial charge in [0.2, 0.25) is 5.91 Å². The van der Waals surface area contributed by atoms with Gasteiger partial charge in [-0.05, 0) is 62.9 Å². The maximum atomic E-state index is 12.6. The molecule has 2 N–H and O–H groups in total. The first-order valence-electron chi connectivity index (χ1n) is 12.4. The van der Waals surface area contributed by atoms with Gasteiger partial charge in [-0.2, -0.15) is 0 Å². The lowest BCUT2D eigenvalue weighted by Crippen LogP contribution is -2.40. The van der Waals surface area contributed by atoms with Crippen molar-refractivity contribution in [3.8, 4) is 11.5 Å². The summed E-state index contributed by atoms with van der Waals surface area (Å²) >= 11 is 0. The average molecular weight is 514 g/mol. The molecule has 0 aromatic heterocycles. The number of hydrogen-bond acceptors (Lipinski definition) is 6. The fraction of sp³-hybridized carbons (Fsp3) is 0.464. The van der Waals surface area contributed by atoms with Crippen molar-refractivity contribution in [2.75, 3.05) is 40.3 Å². The first kappa shape index (κ1) is 29.5. The lowest BCUT2D eigenvalue weighted by Gasteiger charge is -2.26. The molecule has 37 heavy (non-hydrogen) atoms. The van der Waals surface area contributed by atoms with Gasteiger partial charge in [-0.15, -0.1) is 0 Å². The molecule has 0 aliphatic rings. The summed E-state index contributed by atoms with van der Waals surface area (Å²) in [6, 6.07) is 14.2. The third-order valence-corrected chi connectivity index (χ3v) is 5.49. The highest BCUT2D eigenvalue weighted by atomic mass is 16.6. The Morgan fingerprint density at radius 2 is 1.65 bits per heavy atom. The highest BCUT2D eigenvalue weighted by Crippen LogP contribution is 2.20. The molecule has 9 nitrogen and oxygen atoms in total. The fourth-order valence-electron chi connectivity index (χ4n) is 3.39. The molecule has 0 unspecified atom stereocenters. The molecule has 2 aromatic carbocycles. The Balaban J connectivity index is 1.75. The summed E-state index contributed by atoms with van der Waals surface area (Å²) in [6.45, 7) is 6.45. The number of rotatable bonds is 12. The van der Waals surface area contributed by atoms with Crippen LogP contribution in [-0.2, 0) is 27.2 Å². The smallest absolute Gasteiger partial charge is 0.410 e. The summed E-state index contributed by atoms with van der Waals surface area (Å²) in [5.41, 5.74) is 1.19. The molecule has 0 spiro atoms. The van der Waals surface area contributed by atoms with Crippen LogP contribution < -0.4 is 10.1 Å². The van der Waals surface area contributed by atoms with Crippen molar-refractivity contribution in [2.24, 2.45) is 0 Å². The van der Waals surface area contributed by atoms with E-state index in [0.29, 0.717) is 38.2 Å². The number of benzene rings is 2. The topological polar surface area (TPSA) is 108 Å². The summed E-state index contributed by atoms with van der Waals surface area (Å²) in [5.74, 6) is 0.448. The molecule has 0 aliphatic carbocycles. The molecule has 2 rings (SSSR count). The second-order valence-corrected chi connectivity index (χ2v) is 9.88. The largest absolute Gasteiger partial charge is 0.508 e. The van der Waals surface area contributed by atoms with Gasteiger partial charge >= 0.3 is 6.09 Å². The van der Waals surface area contributed by atoms with Crippen LogP contribution in [0.5, 0.6) is 11.5 Å². The number of carbonyl (C=O) groups is 3. The molecule has 0 saturated carbocycles. The number of nitrogens with one attached hydrogen (secondary N) is 1. The Bertz CT molecular complexity index is 1050. The highest BCUT2D eigenvalue weighted by Gasteiger charge is 2.20. The molecular formula is C28H39N3O6. The van der Waals surface area contributed by atoms with Crippen LogP contribution in [-0.4, -0.2) is 78.8 Å². The summed E-state index contributed by atoms with van der Waals surface area (Å²) in [4.78, 5) is 40.0. The van der Waals surface area contributed by atoms with Crippen LogP contribution in [0.3, 0.4) is 0 Å². The maximum absolute atomic E-state index is 12.6. The van der Waals surface area contributed by atoms with Crippen molar-refractivity contribution in [1.29, 1.82) is 0 Å². The van der Waals surface area contributed by atoms with Crippen LogP contribution in [0.4, 0.5) is 4.79 Å². The van der Waals surface area contributed by atoms with E-state index in [0.717, 1.165) is 11.1 Å². The fourth-order valence-corrected chi connectivity index (χ4v) is 3.39. The number of phenols is 1. The highest BCUT2D eigenvalue weighted by molar-refractivity contribution is 5.78. The molecule has 0 atom stereocenters. The minimum atomic E-state index is -0.573. The van der Waals surface area contributed by atoms with Gasteiger partial charge in [-0.25, -0.2) is 4.79 Å². The zero-order valence-corrected chi connectivity index (χ0v) is 22.5. The number of nitrogens with zero attached hydrogens (tertiary/aromatic N) is 2. The van der Waals surface area contributed by atoms with Crippen LogP contribution in [0, 0.1) is 0 Å². The number of likely N-dealkylation sites (N-methyl/N-ethyl adjacent to an activating group) is 2. The summed E-state index contributed by atoms with van der Waals surface area (Å²) < 4.78 is 11.1. The molecule has 9 heteroatoms. The number of amides is 3. The number of para-hydroxylation sites is 1. The standard InChI is InChI=1S/C28H39N3O6/c1-28(2,3)37-27(35)31(5)18-17-30(4)26(34)14-13-22-10-6-7-12-24(22)36-20-25(33)29-16-15-21-9-8-11-23(32)19-21/h6-12,19,32H,13-18,20H2,1-5H3,(H,29,33). The molecule has 3 amide bonds. The van der Waals surface area contributed by atoms with E-state index in [2.05, 4.69) is 5.32 Å². The van der Waals surface area contributed by atoms with E-state index in [1.165, 1.54) is 4.90 Å². The molecule has 202 valence electrons. The molecule has 0 aliphatic heterocycles. The van der Waals surface area contributed by atoms with E-state index in [9.17, 15) is 19.5 Å². The molecule has 0 bridgehead atoms. The van der Waals surface area contributed by atoms with E-state index in [-0.39, 0.29) is 30.6 Å². The maximum Gasteiger partial charge on any atom is 0.410 e. The first-order chi connectivity index (χ1) is 17.4. The number of ether oxygens (including phenoxy) is 2. The quantitative estimate of drug-likeness (QED) is 0.450. The van der Waals surface area contributed by atoms with Gasteiger partial charge in [0.15, 0.2) is 6.61 Å². The van der Waals surface area contributed by atoms with Crippen LogP contribution >= 0.6 is 0 Å². The van der Waals surface area contributed by atoms with Crippen molar-refractivity contribution < 1.29 is 29.0 Å². The third kappa shape index (κ3) is 11.2. The van der Waals surface area contributed by atoms with Gasteiger partial charge < -0.3 is 29.7 Å². The van der Waals surface area contributed by atoms with Crippen LogP contribution in [0.25, 0.3) is 0 Å². The molecule has 0 fully saturated rings. The molecular weight excluding hydrogens is 474 g/mol. The number of carbonyl (C=O) groups excluding carboxylic acids is 3. The van der Waals surface area contributed by atoms with Crippen molar-refractivity contribution in [3.05, 3.63) is 59.7 Å². The zero-order chi connectivity index (χ0) is 27.4. The minimum absolute atomic E-state index is 0.0583. The Morgan fingerprint density at radius 3 is 2.35 bits per heavy atom. The van der Waals surface area contributed by atoms with E-state index in [1.807, 2.05) is 45.0 Å². The van der Waals surface area contributed by atoms with Crippen molar-refractivity contribution in [3.63, 3.8) is 0 Å². The lowest BCUT2D eigenvalue weighted by atomic mass is 10.1. The van der Waals surface area contributed by atoms with Gasteiger partial charge in [-0.1, -0.05) is 30.3 Å². The minimum Gasteiger partial charge on any atom is -0.508 e. The summed E-state index contributed by atoms with van der Waals surface area (Å²) in [7, 11) is 3.34. The number of hydrogen-bond donors (Lipinski definition) is 2. The van der Waals surface area contributed by atoms with Crippen molar-refractivity contribution in [1.82, 2.24) is 15.1 Å². The zero-order valence-electron chi connectivity index (χ0n) is 22.5. The Labute approximate surface area is 219 Å². The predicted molar refractivity (Wildman–Crippen MR) is 142 cm³/mol. The van der Waals surface area contributed by atoms with Crippen LogP contribution in [0.2, 0.25) is 0 Å². The van der Waals surface area contributed by atoms with E-state index >= 15 is 0 Å². The van der Waals surface area contributed by atoms with Crippen LogP contribution in [0.15, 0.2) is 48.5 Å². The van der Waals surface area contributed by atoms with Crippen molar-refractivity contribution in [2.45, 2.75) is 45.6 Å². The monoisotopic (exact) mass is 513 g/mol. The normalized spacial score (nSPS) is 10.9. The van der Waals surface area contributed by atoms with Gasteiger partial charge in [0.25, 0.3) is 5.91 Å². The SMILES string of the molecule is CN(CCN(C)C(=O)OC(C)(C)C)C(=O)CCc1ccccc1OCC(=O)NCCc1cccc(O)c1. The molecule has 0 heterocycles. The van der Waals surface area contributed by atoms with Crippen molar-refractivity contribution >= 4 is 17.9 Å². The summed E-state index contributed by atoms with van der Waals surface area (Å²) in [6.07, 6.45) is 0.895. The molecule has 0 radical (unpaired) electrons. The second kappa shape index (κ2) is 14.1. The summed E-state index contributed by atoms with van der Waals surface area (Å²) in [5, 5.41) is 12.3. The average Bonchev–Trinajstić information content (AvgIpc) is 2.83.